The molecule has 0 spiro atoms. The van der Waals surface area contributed by atoms with Gasteiger partial charge in [0.05, 0.1) is 17.3 Å². The van der Waals surface area contributed by atoms with Gasteiger partial charge in [-0.05, 0) is 45.4 Å². The van der Waals surface area contributed by atoms with E-state index in [0.29, 0.717) is 11.4 Å². The average molecular weight is 419 g/mol. The van der Waals surface area contributed by atoms with Gasteiger partial charge in [0.25, 0.3) is 5.91 Å². The molecule has 7 heteroatoms. The Morgan fingerprint density at radius 3 is 2.26 bits per heavy atom. The molecule has 2 aromatic carbocycles. The fourth-order valence-electron chi connectivity index (χ4n) is 3.85. The number of hydrogen-bond donors (Lipinski definition) is 0. The number of imide groups is 1. The molecular formula is C24H25N3O4. The van der Waals surface area contributed by atoms with Gasteiger partial charge in [0.1, 0.15) is 5.60 Å². The van der Waals surface area contributed by atoms with Gasteiger partial charge in [-0.15, -0.1) is 0 Å². The van der Waals surface area contributed by atoms with E-state index in [4.69, 9.17) is 4.74 Å². The van der Waals surface area contributed by atoms with E-state index in [1.165, 1.54) is 0 Å². The highest BCUT2D eigenvalue weighted by Crippen LogP contribution is 2.36. The SMILES string of the molecule is Cc1ccc(C2=NN(C(=O)OC(C)(C)C)C3C(=O)N(c4ccccc4)C(=O)C3C2)cc1. The van der Waals surface area contributed by atoms with Crippen LogP contribution in [0.15, 0.2) is 59.7 Å². The van der Waals surface area contributed by atoms with Crippen molar-refractivity contribution in [3.63, 3.8) is 0 Å². The number of amides is 3. The van der Waals surface area contributed by atoms with Gasteiger partial charge in [-0.25, -0.2) is 9.69 Å². The maximum atomic E-state index is 13.3. The summed E-state index contributed by atoms with van der Waals surface area (Å²) >= 11 is 0. The van der Waals surface area contributed by atoms with Crippen LogP contribution in [0.1, 0.15) is 38.3 Å². The standard InChI is InChI=1S/C24H25N3O4/c1-15-10-12-16(13-11-15)19-14-18-20(27(25-19)23(30)31-24(2,3)4)22(29)26(21(18)28)17-8-6-5-7-9-17/h5-13,18,20H,14H2,1-4H3. The molecule has 0 saturated carbocycles. The number of carbonyl (C=O) groups excluding carboxylic acids is 3. The van der Waals surface area contributed by atoms with Crippen molar-refractivity contribution in [1.82, 2.24) is 5.01 Å². The van der Waals surface area contributed by atoms with Gasteiger partial charge in [0, 0.05) is 6.42 Å². The number of carbonyl (C=O) groups is 3. The van der Waals surface area contributed by atoms with Crippen molar-refractivity contribution in [3.8, 4) is 0 Å². The second-order valence-electron chi connectivity index (χ2n) is 8.84. The molecule has 0 aliphatic carbocycles. The first kappa shape index (κ1) is 20.8. The predicted molar refractivity (Wildman–Crippen MR) is 117 cm³/mol. The van der Waals surface area contributed by atoms with Crippen LogP contribution in [0.2, 0.25) is 0 Å². The van der Waals surface area contributed by atoms with E-state index in [9.17, 15) is 14.4 Å². The zero-order valence-corrected chi connectivity index (χ0v) is 18.0. The molecule has 0 radical (unpaired) electrons. The molecule has 2 aliphatic heterocycles. The number of nitrogens with zero attached hydrogens (tertiary/aromatic N) is 3. The summed E-state index contributed by atoms with van der Waals surface area (Å²) in [5.74, 6) is -1.54. The summed E-state index contributed by atoms with van der Waals surface area (Å²) in [5.41, 5.74) is 2.17. The number of para-hydroxylation sites is 1. The van der Waals surface area contributed by atoms with Crippen molar-refractivity contribution >= 4 is 29.3 Å². The van der Waals surface area contributed by atoms with Gasteiger partial charge in [-0.1, -0.05) is 48.0 Å². The second kappa shape index (κ2) is 7.65. The number of fused-ring (bicyclic) bond motifs is 1. The minimum atomic E-state index is -1.03. The van der Waals surface area contributed by atoms with E-state index in [-0.39, 0.29) is 12.3 Å². The molecule has 2 aliphatic rings. The first-order chi connectivity index (χ1) is 14.7. The lowest BCUT2D eigenvalue weighted by Crippen LogP contribution is -2.49. The fourth-order valence-corrected chi connectivity index (χ4v) is 3.85. The molecule has 2 unspecified atom stereocenters. The van der Waals surface area contributed by atoms with Crippen LogP contribution in [-0.4, -0.2) is 40.3 Å². The minimum Gasteiger partial charge on any atom is -0.442 e. The minimum absolute atomic E-state index is 0.265. The zero-order valence-electron chi connectivity index (χ0n) is 18.0. The van der Waals surface area contributed by atoms with Crippen LogP contribution in [0.25, 0.3) is 0 Å². The molecule has 2 heterocycles. The number of anilines is 1. The molecular weight excluding hydrogens is 394 g/mol. The Morgan fingerprint density at radius 2 is 1.65 bits per heavy atom. The van der Waals surface area contributed by atoms with Crippen LogP contribution in [-0.2, 0) is 14.3 Å². The summed E-state index contributed by atoms with van der Waals surface area (Å²) in [7, 11) is 0. The smallest absolute Gasteiger partial charge is 0.431 e. The number of aryl methyl sites for hydroxylation is 1. The van der Waals surface area contributed by atoms with Crippen molar-refractivity contribution in [3.05, 3.63) is 65.7 Å². The molecule has 2 aromatic rings. The van der Waals surface area contributed by atoms with Crippen molar-refractivity contribution in [2.24, 2.45) is 11.0 Å². The first-order valence-corrected chi connectivity index (χ1v) is 10.3. The summed E-state index contributed by atoms with van der Waals surface area (Å²) in [6.07, 6.45) is -0.483. The van der Waals surface area contributed by atoms with Gasteiger partial charge < -0.3 is 4.74 Å². The third-order valence-electron chi connectivity index (χ3n) is 5.28. The van der Waals surface area contributed by atoms with Crippen LogP contribution >= 0.6 is 0 Å². The quantitative estimate of drug-likeness (QED) is 0.692. The summed E-state index contributed by atoms with van der Waals surface area (Å²) < 4.78 is 5.51. The summed E-state index contributed by atoms with van der Waals surface area (Å²) in [6.45, 7) is 7.21. The van der Waals surface area contributed by atoms with E-state index >= 15 is 0 Å². The largest absolute Gasteiger partial charge is 0.442 e. The average Bonchev–Trinajstić information content (AvgIpc) is 2.97. The molecule has 31 heavy (non-hydrogen) atoms. The highest BCUT2D eigenvalue weighted by atomic mass is 16.6. The van der Waals surface area contributed by atoms with Crippen LogP contribution in [0.4, 0.5) is 10.5 Å². The van der Waals surface area contributed by atoms with E-state index in [1.807, 2.05) is 37.3 Å². The van der Waals surface area contributed by atoms with Gasteiger partial charge in [0.2, 0.25) is 5.91 Å². The van der Waals surface area contributed by atoms with Crippen LogP contribution in [0.3, 0.4) is 0 Å². The Morgan fingerprint density at radius 1 is 1.00 bits per heavy atom. The van der Waals surface area contributed by atoms with E-state index in [2.05, 4.69) is 5.10 Å². The molecule has 0 aromatic heterocycles. The Kier molecular flexibility index (Phi) is 5.13. The lowest BCUT2D eigenvalue weighted by Gasteiger charge is -2.32. The van der Waals surface area contributed by atoms with Crippen molar-refractivity contribution < 1.29 is 19.1 Å². The van der Waals surface area contributed by atoms with Gasteiger partial charge in [-0.3, -0.25) is 9.59 Å². The van der Waals surface area contributed by atoms with Crippen molar-refractivity contribution in [2.75, 3.05) is 4.90 Å². The predicted octanol–water partition coefficient (Wildman–Crippen LogP) is 3.90. The van der Waals surface area contributed by atoms with Crippen LogP contribution in [0, 0.1) is 12.8 Å². The highest BCUT2D eigenvalue weighted by molar-refractivity contribution is 6.25. The van der Waals surface area contributed by atoms with Crippen LogP contribution in [0.5, 0.6) is 0 Å². The number of ether oxygens (including phenoxy) is 1. The van der Waals surface area contributed by atoms with Gasteiger partial charge in [-0.2, -0.15) is 10.1 Å². The third kappa shape index (κ3) is 3.95. The molecule has 160 valence electrons. The Bertz CT molecular complexity index is 1050. The summed E-state index contributed by atoms with van der Waals surface area (Å²) in [4.78, 5) is 40.8. The Balaban J connectivity index is 1.76. The Hall–Kier alpha value is -3.48. The summed E-state index contributed by atoms with van der Waals surface area (Å²) in [5, 5.41) is 5.55. The summed E-state index contributed by atoms with van der Waals surface area (Å²) in [6, 6.07) is 15.4. The number of rotatable bonds is 2. The molecule has 3 amide bonds. The van der Waals surface area contributed by atoms with E-state index < -0.39 is 29.6 Å². The first-order valence-electron chi connectivity index (χ1n) is 10.3. The maximum absolute atomic E-state index is 13.3. The molecule has 1 saturated heterocycles. The zero-order chi connectivity index (χ0) is 22.3. The number of hydrogen-bond acceptors (Lipinski definition) is 5. The normalized spacial score (nSPS) is 21.1. The highest BCUT2D eigenvalue weighted by Gasteiger charge is 2.55. The maximum Gasteiger partial charge on any atom is 0.431 e. The molecule has 0 bridgehead atoms. The van der Waals surface area contributed by atoms with E-state index in [1.54, 1.807) is 45.0 Å². The molecule has 4 rings (SSSR count). The molecule has 7 nitrogen and oxygen atoms in total. The third-order valence-corrected chi connectivity index (χ3v) is 5.28. The van der Waals surface area contributed by atoms with Crippen molar-refractivity contribution in [2.45, 2.75) is 45.8 Å². The Labute approximate surface area is 181 Å². The molecule has 0 N–H and O–H groups in total. The molecule has 2 atom stereocenters. The number of benzene rings is 2. The lowest BCUT2D eigenvalue weighted by atomic mass is 9.90. The fraction of sp³-hybridized carbons (Fsp3) is 0.333. The van der Waals surface area contributed by atoms with Crippen LogP contribution < -0.4 is 4.90 Å². The van der Waals surface area contributed by atoms with E-state index in [0.717, 1.165) is 21.0 Å². The number of hydrazone groups is 1. The molecule has 1 fully saturated rings. The monoisotopic (exact) mass is 419 g/mol. The van der Waals surface area contributed by atoms with Gasteiger partial charge >= 0.3 is 6.09 Å². The topological polar surface area (TPSA) is 79.3 Å². The van der Waals surface area contributed by atoms with Gasteiger partial charge in [0.15, 0.2) is 6.04 Å². The van der Waals surface area contributed by atoms with Crippen molar-refractivity contribution in [1.29, 1.82) is 0 Å². The lowest BCUT2D eigenvalue weighted by molar-refractivity contribution is -0.123. The second-order valence-corrected chi connectivity index (χ2v) is 8.84.